The molecule has 6 nitrogen and oxygen atoms in total. The van der Waals surface area contributed by atoms with Gasteiger partial charge in [-0.1, -0.05) is 0 Å². The summed E-state index contributed by atoms with van der Waals surface area (Å²) in [7, 11) is -2.83. The van der Waals surface area contributed by atoms with Crippen molar-refractivity contribution in [2.24, 2.45) is 0 Å². The van der Waals surface area contributed by atoms with Crippen LogP contribution in [0, 0.1) is 0 Å². The van der Waals surface area contributed by atoms with E-state index in [1.54, 1.807) is 6.07 Å². The van der Waals surface area contributed by atoms with Gasteiger partial charge in [0.1, 0.15) is 6.26 Å². The minimum Gasteiger partial charge on any atom is -0.472 e. The van der Waals surface area contributed by atoms with E-state index in [0.717, 1.165) is 32.4 Å². The van der Waals surface area contributed by atoms with Crippen molar-refractivity contribution < 1.29 is 17.6 Å². The van der Waals surface area contributed by atoms with E-state index in [2.05, 4.69) is 10.2 Å². The predicted octanol–water partition coefficient (Wildman–Crippen LogP) is 0.661. The second-order valence-corrected chi connectivity index (χ2v) is 8.08. The molecule has 7 heteroatoms. The number of rotatable bonds is 3. The van der Waals surface area contributed by atoms with Gasteiger partial charge < -0.3 is 9.73 Å². The number of nitrogens with zero attached hydrogens (tertiary/aromatic N) is 1. The molecular formula is C14H20N2O4S. The molecule has 21 heavy (non-hydrogen) atoms. The van der Waals surface area contributed by atoms with Gasteiger partial charge in [-0.2, -0.15) is 0 Å². The first kappa shape index (κ1) is 14.6. The zero-order chi connectivity index (χ0) is 14.9. The maximum atomic E-state index is 11.9. The third kappa shape index (κ3) is 3.47. The van der Waals surface area contributed by atoms with Gasteiger partial charge in [-0.15, -0.1) is 0 Å². The number of piperidine rings is 1. The first-order valence-corrected chi connectivity index (χ1v) is 9.13. The number of carbonyl (C=O) groups excluding carboxylic acids is 1. The lowest BCUT2D eigenvalue weighted by atomic mass is 10.0. The number of hydrogen-bond donors (Lipinski definition) is 1. The SMILES string of the molecule is O=C(NC1CCN(C2CCS(=O)(=O)C2)CC1)c1ccoc1. The number of likely N-dealkylation sites (tertiary alicyclic amines) is 1. The molecule has 1 amide bonds. The molecule has 2 aliphatic heterocycles. The van der Waals surface area contributed by atoms with Crippen molar-refractivity contribution in [3.63, 3.8) is 0 Å². The van der Waals surface area contributed by atoms with E-state index < -0.39 is 9.84 Å². The largest absolute Gasteiger partial charge is 0.472 e. The fourth-order valence-electron chi connectivity index (χ4n) is 3.13. The normalized spacial score (nSPS) is 26.8. The van der Waals surface area contributed by atoms with Crippen LogP contribution in [0.1, 0.15) is 29.6 Å². The predicted molar refractivity (Wildman–Crippen MR) is 77.8 cm³/mol. The summed E-state index contributed by atoms with van der Waals surface area (Å²) >= 11 is 0. The average molecular weight is 312 g/mol. The Bertz CT molecular complexity index is 589. The zero-order valence-corrected chi connectivity index (χ0v) is 12.6. The van der Waals surface area contributed by atoms with Gasteiger partial charge in [-0.3, -0.25) is 9.69 Å². The molecule has 3 heterocycles. The highest BCUT2D eigenvalue weighted by Crippen LogP contribution is 2.22. The number of amides is 1. The molecule has 0 aromatic carbocycles. The van der Waals surface area contributed by atoms with Gasteiger partial charge in [0.2, 0.25) is 0 Å². The summed E-state index contributed by atoms with van der Waals surface area (Å²) in [4.78, 5) is 14.2. The highest BCUT2D eigenvalue weighted by Gasteiger charge is 2.34. The standard InChI is InChI=1S/C14H20N2O4S/c17-14(11-3-7-20-9-11)15-12-1-5-16(6-2-12)13-4-8-21(18,19)10-13/h3,7,9,12-13H,1-2,4-6,8,10H2,(H,15,17). The Morgan fingerprint density at radius 1 is 1.29 bits per heavy atom. The number of hydrogen-bond acceptors (Lipinski definition) is 5. The maximum absolute atomic E-state index is 11.9. The van der Waals surface area contributed by atoms with Gasteiger partial charge in [0.05, 0.1) is 23.3 Å². The summed E-state index contributed by atoms with van der Waals surface area (Å²) in [5, 5.41) is 3.00. The van der Waals surface area contributed by atoms with Gasteiger partial charge in [0, 0.05) is 25.2 Å². The average Bonchev–Trinajstić information content (AvgIpc) is 3.09. The molecule has 1 N–H and O–H groups in total. The number of sulfone groups is 1. The fourth-order valence-corrected chi connectivity index (χ4v) is 4.90. The fraction of sp³-hybridized carbons (Fsp3) is 0.643. The smallest absolute Gasteiger partial charge is 0.254 e. The Kier molecular flexibility index (Phi) is 4.03. The molecule has 1 atom stereocenters. The molecule has 0 spiro atoms. The van der Waals surface area contributed by atoms with Crippen molar-refractivity contribution in [2.45, 2.75) is 31.3 Å². The topological polar surface area (TPSA) is 79.6 Å². The van der Waals surface area contributed by atoms with Crippen molar-refractivity contribution in [3.8, 4) is 0 Å². The summed E-state index contributed by atoms with van der Waals surface area (Å²) in [6, 6.07) is 1.97. The third-order valence-corrected chi connectivity index (χ3v) is 6.12. The van der Waals surface area contributed by atoms with E-state index in [1.807, 2.05) is 0 Å². The van der Waals surface area contributed by atoms with Crippen molar-refractivity contribution >= 4 is 15.7 Å². The first-order valence-electron chi connectivity index (χ1n) is 7.31. The molecule has 1 unspecified atom stereocenters. The van der Waals surface area contributed by atoms with Crippen LogP contribution in [-0.4, -0.2) is 55.9 Å². The van der Waals surface area contributed by atoms with E-state index >= 15 is 0 Å². The Morgan fingerprint density at radius 3 is 2.62 bits per heavy atom. The van der Waals surface area contributed by atoms with Crippen molar-refractivity contribution in [1.29, 1.82) is 0 Å². The number of furan rings is 1. The van der Waals surface area contributed by atoms with Crippen LogP contribution >= 0.6 is 0 Å². The molecule has 2 saturated heterocycles. The van der Waals surface area contributed by atoms with Crippen molar-refractivity contribution in [1.82, 2.24) is 10.2 Å². The molecule has 0 bridgehead atoms. The van der Waals surface area contributed by atoms with Crippen molar-refractivity contribution in [3.05, 3.63) is 24.2 Å². The molecule has 2 aliphatic rings. The van der Waals surface area contributed by atoms with Gasteiger partial charge >= 0.3 is 0 Å². The molecule has 3 rings (SSSR count). The summed E-state index contributed by atoms with van der Waals surface area (Å²) < 4.78 is 28.0. The lowest BCUT2D eigenvalue weighted by molar-refractivity contribution is 0.0897. The van der Waals surface area contributed by atoms with E-state index in [0.29, 0.717) is 17.1 Å². The number of carbonyl (C=O) groups is 1. The van der Waals surface area contributed by atoms with Crippen LogP contribution in [0.4, 0.5) is 0 Å². The number of nitrogens with one attached hydrogen (secondary N) is 1. The molecule has 0 saturated carbocycles. The lowest BCUT2D eigenvalue weighted by Gasteiger charge is -2.35. The molecule has 2 fully saturated rings. The van der Waals surface area contributed by atoms with E-state index in [4.69, 9.17) is 4.42 Å². The second kappa shape index (κ2) is 5.81. The van der Waals surface area contributed by atoms with E-state index in [-0.39, 0.29) is 18.0 Å². The summed E-state index contributed by atoms with van der Waals surface area (Å²) in [5.74, 6) is 0.499. The second-order valence-electron chi connectivity index (χ2n) is 5.85. The van der Waals surface area contributed by atoms with Crippen LogP contribution in [0.3, 0.4) is 0 Å². The molecule has 0 radical (unpaired) electrons. The third-order valence-electron chi connectivity index (χ3n) is 4.37. The Balaban J connectivity index is 1.48. The molecule has 1 aromatic rings. The minimum atomic E-state index is -2.83. The van der Waals surface area contributed by atoms with E-state index in [1.165, 1.54) is 12.5 Å². The molecule has 116 valence electrons. The highest BCUT2D eigenvalue weighted by molar-refractivity contribution is 7.91. The Labute approximate surface area is 124 Å². The van der Waals surface area contributed by atoms with Gasteiger partial charge in [0.25, 0.3) is 5.91 Å². The monoisotopic (exact) mass is 312 g/mol. The molecular weight excluding hydrogens is 292 g/mol. The minimum absolute atomic E-state index is 0.106. The van der Waals surface area contributed by atoms with E-state index in [9.17, 15) is 13.2 Å². The Morgan fingerprint density at radius 2 is 2.05 bits per heavy atom. The quantitative estimate of drug-likeness (QED) is 0.887. The van der Waals surface area contributed by atoms with Crippen LogP contribution in [0.15, 0.2) is 23.0 Å². The van der Waals surface area contributed by atoms with Crippen LogP contribution in [-0.2, 0) is 9.84 Å². The lowest BCUT2D eigenvalue weighted by Crippen LogP contribution is -2.48. The van der Waals surface area contributed by atoms with Gasteiger partial charge in [-0.25, -0.2) is 8.42 Å². The first-order chi connectivity index (χ1) is 10.0. The zero-order valence-electron chi connectivity index (χ0n) is 11.8. The van der Waals surface area contributed by atoms with Crippen LogP contribution in [0.25, 0.3) is 0 Å². The van der Waals surface area contributed by atoms with Crippen LogP contribution < -0.4 is 5.32 Å². The summed E-state index contributed by atoms with van der Waals surface area (Å²) in [6.07, 6.45) is 5.39. The Hall–Kier alpha value is -1.34. The van der Waals surface area contributed by atoms with Crippen molar-refractivity contribution in [2.75, 3.05) is 24.6 Å². The maximum Gasteiger partial charge on any atom is 0.254 e. The van der Waals surface area contributed by atoms with Gasteiger partial charge in [-0.05, 0) is 25.3 Å². The van der Waals surface area contributed by atoms with Crippen LogP contribution in [0.2, 0.25) is 0 Å². The summed E-state index contributed by atoms with van der Waals surface area (Å²) in [5.41, 5.74) is 0.541. The summed E-state index contributed by atoms with van der Waals surface area (Å²) in [6.45, 7) is 1.69. The molecule has 1 aromatic heterocycles. The highest BCUT2D eigenvalue weighted by atomic mass is 32.2. The van der Waals surface area contributed by atoms with Gasteiger partial charge in [0.15, 0.2) is 9.84 Å². The van der Waals surface area contributed by atoms with Crippen LogP contribution in [0.5, 0.6) is 0 Å². The molecule has 0 aliphatic carbocycles.